The van der Waals surface area contributed by atoms with E-state index in [9.17, 15) is 0 Å². The monoisotopic (exact) mass is 287 g/mol. The molecule has 2 rings (SSSR count). The molecule has 2 aromatic carbocycles. The van der Waals surface area contributed by atoms with Gasteiger partial charge in [-0.25, -0.2) is 0 Å². The quantitative estimate of drug-likeness (QED) is 0.823. The Morgan fingerprint density at radius 2 is 1.55 bits per heavy atom. The van der Waals surface area contributed by atoms with Crippen molar-refractivity contribution >= 4 is 11.6 Å². The number of rotatable bonds is 4. The van der Waals surface area contributed by atoms with Gasteiger partial charge in [-0.3, -0.25) is 0 Å². The van der Waals surface area contributed by atoms with Gasteiger partial charge in [0.2, 0.25) is 0 Å². The van der Waals surface area contributed by atoms with Crippen LogP contribution in [0, 0.1) is 20.8 Å². The van der Waals surface area contributed by atoms with Crippen LogP contribution in [0.4, 0.5) is 0 Å². The first-order valence-electron chi connectivity index (χ1n) is 7.03. The lowest BCUT2D eigenvalue weighted by molar-refractivity contribution is 0.572. The summed E-state index contributed by atoms with van der Waals surface area (Å²) in [4.78, 5) is 0. The third kappa shape index (κ3) is 3.62. The zero-order chi connectivity index (χ0) is 14.7. The normalized spacial score (nSPS) is 12.4. The lowest BCUT2D eigenvalue weighted by atomic mass is 9.96. The molecule has 1 unspecified atom stereocenters. The fraction of sp³-hybridized carbons (Fsp3) is 0.333. The molecule has 0 aliphatic rings. The Labute approximate surface area is 127 Å². The van der Waals surface area contributed by atoms with Crippen LogP contribution in [0.2, 0.25) is 5.02 Å². The molecule has 1 N–H and O–H groups in total. The van der Waals surface area contributed by atoms with Crippen LogP contribution >= 0.6 is 11.6 Å². The fourth-order valence-electron chi connectivity index (χ4n) is 2.43. The summed E-state index contributed by atoms with van der Waals surface area (Å²) in [5, 5.41) is 4.36. The molecule has 1 nitrogen and oxygen atoms in total. The van der Waals surface area contributed by atoms with Crippen LogP contribution in [0.15, 0.2) is 36.4 Å². The van der Waals surface area contributed by atoms with Gasteiger partial charge in [0.05, 0.1) is 0 Å². The molecular weight excluding hydrogens is 266 g/mol. The van der Waals surface area contributed by atoms with E-state index >= 15 is 0 Å². The molecule has 0 aromatic heterocycles. The summed E-state index contributed by atoms with van der Waals surface area (Å²) in [5.74, 6) is 0. The van der Waals surface area contributed by atoms with Gasteiger partial charge in [0.25, 0.3) is 0 Å². The number of benzene rings is 2. The molecule has 0 saturated heterocycles. The second kappa shape index (κ2) is 6.43. The average Bonchev–Trinajstić information content (AvgIpc) is 2.42. The van der Waals surface area contributed by atoms with Gasteiger partial charge in [-0.15, -0.1) is 0 Å². The SMILES string of the molecule is Cc1cc(C)c(C(C)NCc2ccc(Cl)cc2)cc1C. The van der Waals surface area contributed by atoms with Crippen LogP contribution in [0.3, 0.4) is 0 Å². The lowest BCUT2D eigenvalue weighted by Crippen LogP contribution is -2.19. The smallest absolute Gasteiger partial charge is 0.0406 e. The standard InChI is InChI=1S/C18H22ClN/c1-12-9-14(3)18(10-13(12)2)15(4)20-11-16-5-7-17(19)8-6-16/h5-10,15,20H,11H2,1-4H3. The van der Waals surface area contributed by atoms with E-state index in [1.54, 1.807) is 0 Å². The number of hydrogen-bond acceptors (Lipinski definition) is 1. The van der Waals surface area contributed by atoms with Crippen molar-refractivity contribution < 1.29 is 0 Å². The van der Waals surface area contributed by atoms with Crippen molar-refractivity contribution in [3.05, 3.63) is 69.2 Å². The van der Waals surface area contributed by atoms with E-state index in [4.69, 9.17) is 11.6 Å². The highest BCUT2D eigenvalue weighted by molar-refractivity contribution is 6.30. The summed E-state index contributed by atoms with van der Waals surface area (Å²) in [6.45, 7) is 9.59. The molecule has 0 spiro atoms. The first-order chi connectivity index (χ1) is 9.47. The van der Waals surface area contributed by atoms with Gasteiger partial charge in [-0.2, -0.15) is 0 Å². The zero-order valence-corrected chi connectivity index (χ0v) is 13.4. The second-order valence-corrected chi connectivity index (χ2v) is 5.96. The Kier molecular flexibility index (Phi) is 4.85. The first-order valence-corrected chi connectivity index (χ1v) is 7.40. The number of hydrogen-bond donors (Lipinski definition) is 1. The van der Waals surface area contributed by atoms with Gasteiger partial charge in [0.15, 0.2) is 0 Å². The van der Waals surface area contributed by atoms with Crippen LogP contribution in [0.5, 0.6) is 0 Å². The molecule has 0 heterocycles. The highest BCUT2D eigenvalue weighted by Crippen LogP contribution is 2.22. The number of aryl methyl sites for hydroxylation is 3. The van der Waals surface area contributed by atoms with Crippen molar-refractivity contribution in [1.82, 2.24) is 5.32 Å². The Bertz CT molecular complexity index is 587. The van der Waals surface area contributed by atoms with Crippen LogP contribution < -0.4 is 5.32 Å². The van der Waals surface area contributed by atoms with E-state index in [0.29, 0.717) is 6.04 Å². The topological polar surface area (TPSA) is 12.0 Å². The minimum absolute atomic E-state index is 0.338. The van der Waals surface area contributed by atoms with Gasteiger partial charge < -0.3 is 5.32 Å². The van der Waals surface area contributed by atoms with Crippen LogP contribution in [0.1, 0.15) is 40.8 Å². The van der Waals surface area contributed by atoms with E-state index in [1.165, 1.54) is 27.8 Å². The maximum Gasteiger partial charge on any atom is 0.0406 e. The summed E-state index contributed by atoms with van der Waals surface area (Å²) in [5.41, 5.74) is 6.69. The summed E-state index contributed by atoms with van der Waals surface area (Å²) >= 11 is 5.90. The summed E-state index contributed by atoms with van der Waals surface area (Å²) in [6, 6.07) is 12.9. The van der Waals surface area contributed by atoms with Gasteiger partial charge in [0, 0.05) is 17.6 Å². The van der Waals surface area contributed by atoms with E-state index in [2.05, 4.69) is 57.3 Å². The molecule has 0 amide bonds. The number of nitrogens with one attached hydrogen (secondary N) is 1. The fourth-order valence-corrected chi connectivity index (χ4v) is 2.56. The zero-order valence-electron chi connectivity index (χ0n) is 12.6. The van der Waals surface area contributed by atoms with E-state index in [1.807, 2.05) is 12.1 Å². The molecule has 20 heavy (non-hydrogen) atoms. The summed E-state index contributed by atoms with van der Waals surface area (Å²) in [6.07, 6.45) is 0. The predicted molar refractivity (Wildman–Crippen MR) is 87.4 cm³/mol. The Morgan fingerprint density at radius 1 is 0.950 bits per heavy atom. The van der Waals surface area contributed by atoms with Crippen LogP contribution in [-0.4, -0.2) is 0 Å². The molecule has 0 radical (unpaired) electrons. The molecule has 106 valence electrons. The molecule has 0 bridgehead atoms. The minimum Gasteiger partial charge on any atom is -0.306 e. The largest absolute Gasteiger partial charge is 0.306 e. The molecule has 0 fully saturated rings. The summed E-state index contributed by atoms with van der Waals surface area (Å²) < 4.78 is 0. The molecule has 0 aliphatic heterocycles. The third-order valence-electron chi connectivity index (χ3n) is 3.87. The van der Waals surface area contributed by atoms with Crippen molar-refractivity contribution in [2.75, 3.05) is 0 Å². The van der Waals surface area contributed by atoms with E-state index in [0.717, 1.165) is 11.6 Å². The molecule has 1 atom stereocenters. The predicted octanol–water partition coefficient (Wildman–Crippen LogP) is 5.12. The molecule has 0 saturated carbocycles. The van der Waals surface area contributed by atoms with E-state index in [-0.39, 0.29) is 0 Å². The highest BCUT2D eigenvalue weighted by Gasteiger charge is 2.09. The highest BCUT2D eigenvalue weighted by atomic mass is 35.5. The molecular formula is C18H22ClN. The lowest BCUT2D eigenvalue weighted by Gasteiger charge is -2.18. The van der Waals surface area contributed by atoms with Crippen molar-refractivity contribution in [2.24, 2.45) is 0 Å². The molecule has 2 aromatic rings. The maximum atomic E-state index is 5.90. The van der Waals surface area contributed by atoms with Gasteiger partial charge >= 0.3 is 0 Å². The Balaban J connectivity index is 2.06. The van der Waals surface area contributed by atoms with Crippen LogP contribution in [-0.2, 0) is 6.54 Å². The third-order valence-corrected chi connectivity index (χ3v) is 4.13. The maximum absolute atomic E-state index is 5.90. The van der Waals surface area contributed by atoms with Crippen molar-refractivity contribution in [2.45, 2.75) is 40.3 Å². The van der Waals surface area contributed by atoms with E-state index < -0.39 is 0 Å². The van der Waals surface area contributed by atoms with Crippen molar-refractivity contribution in [3.8, 4) is 0 Å². The Morgan fingerprint density at radius 3 is 2.20 bits per heavy atom. The van der Waals surface area contributed by atoms with Crippen molar-refractivity contribution in [3.63, 3.8) is 0 Å². The molecule has 0 aliphatic carbocycles. The van der Waals surface area contributed by atoms with Gasteiger partial charge in [-0.05, 0) is 67.6 Å². The van der Waals surface area contributed by atoms with Crippen molar-refractivity contribution in [1.29, 1.82) is 0 Å². The average molecular weight is 288 g/mol. The first kappa shape index (κ1) is 15.1. The molecule has 2 heteroatoms. The number of halogens is 1. The minimum atomic E-state index is 0.338. The van der Waals surface area contributed by atoms with Gasteiger partial charge in [-0.1, -0.05) is 35.9 Å². The summed E-state index contributed by atoms with van der Waals surface area (Å²) in [7, 11) is 0. The second-order valence-electron chi connectivity index (χ2n) is 5.52. The van der Waals surface area contributed by atoms with Crippen LogP contribution in [0.25, 0.3) is 0 Å². The Hall–Kier alpha value is -1.31. The van der Waals surface area contributed by atoms with Gasteiger partial charge in [0.1, 0.15) is 0 Å².